The van der Waals surface area contributed by atoms with Crippen molar-refractivity contribution in [2.24, 2.45) is 0 Å². The van der Waals surface area contributed by atoms with Gasteiger partial charge in [-0.3, -0.25) is 19.8 Å². The van der Waals surface area contributed by atoms with Gasteiger partial charge in [0.25, 0.3) is 5.69 Å². The second kappa shape index (κ2) is 8.84. The molecule has 7 heteroatoms. The Morgan fingerprint density at radius 3 is 2.71 bits per heavy atom. The van der Waals surface area contributed by atoms with Crippen molar-refractivity contribution in [3.63, 3.8) is 0 Å². The summed E-state index contributed by atoms with van der Waals surface area (Å²) in [5.74, 6) is 0.677. The maximum Gasteiger partial charge on any atom is 0.274 e. The number of nitrogens with zero attached hydrogens (tertiary/aromatic N) is 2. The average molecular weight is 383 g/mol. The Balaban J connectivity index is 1.66. The average Bonchev–Trinajstić information content (AvgIpc) is 3.12. The number of benzene rings is 2. The molecule has 1 amide bonds. The van der Waals surface area contributed by atoms with Crippen LogP contribution in [0.4, 0.5) is 11.4 Å². The fourth-order valence-corrected chi connectivity index (χ4v) is 3.68. The highest BCUT2D eigenvalue weighted by Gasteiger charge is 2.28. The number of nitrogens with one attached hydrogen (secondary N) is 1. The molecule has 2 aromatic rings. The number of nitro benzene ring substituents is 1. The lowest BCUT2D eigenvalue weighted by Crippen LogP contribution is -2.33. The predicted molar refractivity (Wildman–Crippen MR) is 108 cm³/mol. The van der Waals surface area contributed by atoms with Crippen LogP contribution in [0.5, 0.6) is 5.75 Å². The summed E-state index contributed by atoms with van der Waals surface area (Å²) < 4.78 is 5.49. The smallest absolute Gasteiger partial charge is 0.274 e. The van der Waals surface area contributed by atoms with Gasteiger partial charge in [-0.05, 0) is 57.0 Å². The molecule has 148 valence electrons. The van der Waals surface area contributed by atoms with Crippen molar-refractivity contribution < 1.29 is 14.5 Å². The molecule has 1 N–H and O–H groups in total. The lowest BCUT2D eigenvalue weighted by atomic mass is 10.0. The first-order valence-corrected chi connectivity index (χ1v) is 9.50. The maximum atomic E-state index is 12.6. The summed E-state index contributed by atoms with van der Waals surface area (Å²) in [6.45, 7) is 5.33. The Bertz CT molecular complexity index is 851. The van der Waals surface area contributed by atoms with Crippen molar-refractivity contribution >= 4 is 17.3 Å². The molecule has 0 aromatic heterocycles. The number of anilines is 1. The summed E-state index contributed by atoms with van der Waals surface area (Å²) >= 11 is 0. The van der Waals surface area contributed by atoms with Gasteiger partial charge in [-0.15, -0.1) is 0 Å². The highest BCUT2D eigenvalue weighted by atomic mass is 16.6. The Labute approximate surface area is 164 Å². The first kappa shape index (κ1) is 19.8. The van der Waals surface area contributed by atoms with Crippen molar-refractivity contribution in [2.45, 2.75) is 32.7 Å². The number of rotatable bonds is 7. The molecule has 0 spiro atoms. The number of likely N-dealkylation sites (tertiary alicyclic amines) is 1. The molecule has 1 heterocycles. The number of nitro groups is 1. The van der Waals surface area contributed by atoms with Gasteiger partial charge in [-0.1, -0.05) is 18.2 Å². The minimum Gasteiger partial charge on any atom is -0.494 e. The minimum absolute atomic E-state index is 0.00577. The maximum absolute atomic E-state index is 12.6. The molecule has 1 aliphatic heterocycles. The number of amides is 1. The second-order valence-corrected chi connectivity index (χ2v) is 6.89. The summed E-state index contributed by atoms with van der Waals surface area (Å²) in [6, 6.07) is 12.9. The van der Waals surface area contributed by atoms with Crippen LogP contribution < -0.4 is 10.1 Å². The normalized spacial score (nSPS) is 16.7. The van der Waals surface area contributed by atoms with E-state index in [0.29, 0.717) is 17.9 Å². The monoisotopic (exact) mass is 383 g/mol. The number of carbonyl (C=O) groups is 1. The predicted octanol–water partition coefficient (Wildman–Crippen LogP) is 4.08. The SMILES string of the molecule is CCOc1ccc(C2CCCN2CC(=O)Nc2cccc([N+](=O)[O-])c2C)cc1. The van der Waals surface area contributed by atoms with E-state index in [1.54, 1.807) is 19.1 Å². The molecule has 0 radical (unpaired) electrons. The molecule has 0 saturated carbocycles. The van der Waals surface area contributed by atoms with Crippen LogP contribution >= 0.6 is 0 Å². The van der Waals surface area contributed by atoms with Crippen molar-refractivity contribution in [3.05, 3.63) is 63.7 Å². The van der Waals surface area contributed by atoms with Crippen LogP contribution in [-0.2, 0) is 4.79 Å². The van der Waals surface area contributed by atoms with E-state index in [2.05, 4.69) is 22.3 Å². The zero-order valence-electron chi connectivity index (χ0n) is 16.2. The molecule has 7 nitrogen and oxygen atoms in total. The number of hydrogen-bond donors (Lipinski definition) is 1. The van der Waals surface area contributed by atoms with E-state index in [9.17, 15) is 14.9 Å². The third kappa shape index (κ3) is 4.48. The first-order valence-electron chi connectivity index (χ1n) is 9.50. The summed E-state index contributed by atoms with van der Waals surface area (Å²) in [5.41, 5.74) is 2.12. The number of carbonyl (C=O) groups excluding carboxylic acids is 1. The summed E-state index contributed by atoms with van der Waals surface area (Å²) in [7, 11) is 0. The molecule has 1 saturated heterocycles. The molecular formula is C21H25N3O4. The fraction of sp³-hybridized carbons (Fsp3) is 0.381. The third-order valence-electron chi connectivity index (χ3n) is 5.06. The van der Waals surface area contributed by atoms with Crippen molar-refractivity contribution in [1.82, 2.24) is 4.90 Å². The minimum atomic E-state index is -0.437. The fourth-order valence-electron chi connectivity index (χ4n) is 3.68. The molecule has 0 aliphatic carbocycles. The number of hydrogen-bond acceptors (Lipinski definition) is 5. The van der Waals surface area contributed by atoms with Gasteiger partial charge in [0.2, 0.25) is 5.91 Å². The zero-order chi connectivity index (χ0) is 20.1. The van der Waals surface area contributed by atoms with Gasteiger partial charge in [-0.25, -0.2) is 0 Å². The highest BCUT2D eigenvalue weighted by Crippen LogP contribution is 2.32. The molecule has 1 unspecified atom stereocenters. The van der Waals surface area contributed by atoms with Crippen molar-refractivity contribution in [2.75, 3.05) is 25.0 Å². The van der Waals surface area contributed by atoms with Crippen molar-refractivity contribution in [3.8, 4) is 5.75 Å². The largest absolute Gasteiger partial charge is 0.494 e. The van der Waals surface area contributed by atoms with Gasteiger partial charge in [0.05, 0.1) is 29.3 Å². The van der Waals surface area contributed by atoms with E-state index < -0.39 is 4.92 Å². The third-order valence-corrected chi connectivity index (χ3v) is 5.06. The second-order valence-electron chi connectivity index (χ2n) is 6.89. The van der Waals surface area contributed by atoms with Gasteiger partial charge < -0.3 is 10.1 Å². The Kier molecular flexibility index (Phi) is 6.26. The first-order chi connectivity index (χ1) is 13.5. The van der Waals surface area contributed by atoms with Crippen LogP contribution in [0.25, 0.3) is 0 Å². The Hall–Kier alpha value is -2.93. The van der Waals surface area contributed by atoms with Gasteiger partial charge in [0.1, 0.15) is 5.75 Å². The molecule has 1 fully saturated rings. The molecular weight excluding hydrogens is 358 g/mol. The zero-order valence-corrected chi connectivity index (χ0v) is 16.2. The molecule has 1 aliphatic rings. The highest BCUT2D eigenvalue weighted by molar-refractivity contribution is 5.93. The standard InChI is InChI=1S/C21H25N3O4/c1-3-28-17-11-9-16(10-12-17)20-8-5-13-23(20)14-21(25)22-18-6-4-7-19(15(18)2)24(26)27/h4,6-7,9-12,20H,3,5,8,13-14H2,1-2H3,(H,22,25). The topological polar surface area (TPSA) is 84.7 Å². The van der Waals surface area contributed by atoms with E-state index in [0.717, 1.165) is 25.1 Å². The molecule has 2 aromatic carbocycles. The van der Waals surface area contributed by atoms with Gasteiger partial charge in [-0.2, -0.15) is 0 Å². The summed E-state index contributed by atoms with van der Waals surface area (Å²) in [5, 5.41) is 13.9. The summed E-state index contributed by atoms with van der Waals surface area (Å²) in [4.78, 5) is 25.4. The van der Waals surface area contributed by atoms with Crippen LogP contribution in [0.2, 0.25) is 0 Å². The number of ether oxygens (including phenoxy) is 1. The van der Waals surface area contributed by atoms with Crippen LogP contribution in [0.3, 0.4) is 0 Å². The molecule has 0 bridgehead atoms. The lowest BCUT2D eigenvalue weighted by Gasteiger charge is -2.24. The summed E-state index contributed by atoms with van der Waals surface area (Å²) in [6.07, 6.45) is 2.03. The van der Waals surface area contributed by atoms with Crippen LogP contribution in [0, 0.1) is 17.0 Å². The van der Waals surface area contributed by atoms with Crippen LogP contribution in [0.1, 0.15) is 36.9 Å². The van der Waals surface area contributed by atoms with Crippen LogP contribution in [-0.4, -0.2) is 35.4 Å². The van der Waals surface area contributed by atoms with E-state index in [4.69, 9.17) is 4.74 Å². The molecule has 3 rings (SSSR count). The van der Waals surface area contributed by atoms with E-state index >= 15 is 0 Å². The Morgan fingerprint density at radius 2 is 2.04 bits per heavy atom. The van der Waals surface area contributed by atoms with E-state index in [1.807, 2.05) is 19.1 Å². The Morgan fingerprint density at radius 1 is 1.29 bits per heavy atom. The van der Waals surface area contributed by atoms with E-state index in [1.165, 1.54) is 11.6 Å². The molecule has 1 atom stereocenters. The van der Waals surface area contributed by atoms with Crippen LogP contribution in [0.15, 0.2) is 42.5 Å². The van der Waals surface area contributed by atoms with E-state index in [-0.39, 0.29) is 24.2 Å². The lowest BCUT2D eigenvalue weighted by molar-refractivity contribution is -0.385. The van der Waals surface area contributed by atoms with Gasteiger partial charge >= 0.3 is 0 Å². The van der Waals surface area contributed by atoms with Gasteiger partial charge in [0, 0.05) is 12.1 Å². The van der Waals surface area contributed by atoms with Gasteiger partial charge in [0.15, 0.2) is 0 Å². The quantitative estimate of drug-likeness (QED) is 0.575. The molecule has 28 heavy (non-hydrogen) atoms. The van der Waals surface area contributed by atoms with Crippen molar-refractivity contribution in [1.29, 1.82) is 0 Å².